The van der Waals surface area contributed by atoms with Crippen molar-refractivity contribution in [2.45, 2.75) is 25.5 Å². The van der Waals surface area contributed by atoms with E-state index in [0.717, 1.165) is 59.5 Å². The van der Waals surface area contributed by atoms with Crippen molar-refractivity contribution in [2.24, 2.45) is 4.99 Å². The highest BCUT2D eigenvalue weighted by atomic mass is 16.5. The number of H-pyrrole nitrogens is 1. The molecular weight excluding hydrogens is 316 g/mol. The van der Waals surface area contributed by atoms with Gasteiger partial charge in [-0.15, -0.1) is 0 Å². The second-order valence-electron chi connectivity index (χ2n) is 6.38. The Morgan fingerprint density at radius 1 is 1.16 bits per heavy atom. The predicted octanol–water partition coefficient (Wildman–Crippen LogP) is 2.87. The fourth-order valence-electron chi connectivity index (χ4n) is 3.45. The third-order valence-corrected chi connectivity index (χ3v) is 4.77. The van der Waals surface area contributed by atoms with Gasteiger partial charge in [0.25, 0.3) is 0 Å². The minimum atomic E-state index is 0.153. The average Bonchev–Trinajstić information content (AvgIpc) is 3.29. The van der Waals surface area contributed by atoms with E-state index in [9.17, 15) is 0 Å². The molecule has 0 unspecified atom stereocenters. The molecule has 5 rings (SSSR count). The maximum absolute atomic E-state index is 6.22. The van der Waals surface area contributed by atoms with Gasteiger partial charge < -0.3 is 14.5 Å². The van der Waals surface area contributed by atoms with Gasteiger partial charge in [-0.2, -0.15) is 0 Å². The maximum Gasteiger partial charge on any atom is 0.223 e. The molecule has 0 atom stereocenters. The minimum Gasteiger partial charge on any atom is -0.474 e. The van der Waals surface area contributed by atoms with Crippen LogP contribution in [0.5, 0.6) is 5.88 Å². The zero-order valence-electron chi connectivity index (χ0n) is 13.7. The Hall–Kier alpha value is -2.73. The second-order valence-corrected chi connectivity index (χ2v) is 6.38. The van der Waals surface area contributed by atoms with Gasteiger partial charge in [0.1, 0.15) is 11.8 Å². The number of aliphatic imine (C=N–C) groups is 1. The Morgan fingerprint density at radius 2 is 2.08 bits per heavy atom. The number of fused-ring (bicyclic) bond motifs is 2. The van der Waals surface area contributed by atoms with Crippen LogP contribution in [0.15, 0.2) is 41.8 Å². The van der Waals surface area contributed by atoms with E-state index in [1.54, 1.807) is 6.20 Å². The van der Waals surface area contributed by atoms with Crippen LogP contribution in [0.4, 0.5) is 0 Å². The molecule has 126 valence electrons. The standard InChI is InChI=1S/C19H18N4O2/c1-5-20-18-12(1)9-14(11-23-18)17-16-13(10-22-17)2-6-21-19(16)25-15-3-7-24-8-4-15/h1-2,5-6,9,11,15H,3-4,7-8,10H2,(H,20,23). The molecule has 0 spiro atoms. The first-order valence-corrected chi connectivity index (χ1v) is 8.59. The van der Waals surface area contributed by atoms with Crippen LogP contribution in [0.2, 0.25) is 0 Å². The summed E-state index contributed by atoms with van der Waals surface area (Å²) in [4.78, 5) is 16.9. The van der Waals surface area contributed by atoms with Gasteiger partial charge >= 0.3 is 0 Å². The number of aromatic amines is 1. The van der Waals surface area contributed by atoms with E-state index < -0.39 is 0 Å². The third-order valence-electron chi connectivity index (χ3n) is 4.77. The lowest BCUT2D eigenvalue weighted by Crippen LogP contribution is -2.27. The molecule has 3 aromatic rings. The molecule has 0 aliphatic carbocycles. The van der Waals surface area contributed by atoms with Crippen LogP contribution in [-0.2, 0) is 11.3 Å². The zero-order chi connectivity index (χ0) is 16.6. The highest BCUT2D eigenvalue weighted by molar-refractivity contribution is 6.17. The summed E-state index contributed by atoms with van der Waals surface area (Å²) < 4.78 is 11.6. The monoisotopic (exact) mass is 334 g/mol. The van der Waals surface area contributed by atoms with E-state index in [0.29, 0.717) is 12.4 Å². The van der Waals surface area contributed by atoms with Crippen LogP contribution in [0, 0.1) is 0 Å². The number of hydrogen-bond acceptors (Lipinski definition) is 5. The van der Waals surface area contributed by atoms with Crippen LogP contribution in [0.3, 0.4) is 0 Å². The normalized spacial score (nSPS) is 17.5. The number of nitrogens with zero attached hydrogens (tertiary/aromatic N) is 3. The molecule has 3 aromatic heterocycles. The zero-order valence-corrected chi connectivity index (χ0v) is 13.7. The number of nitrogens with one attached hydrogen (secondary N) is 1. The molecule has 5 heterocycles. The molecule has 0 radical (unpaired) electrons. The molecule has 1 fully saturated rings. The summed E-state index contributed by atoms with van der Waals surface area (Å²) in [6, 6.07) is 6.15. The molecule has 0 saturated carbocycles. The van der Waals surface area contributed by atoms with Gasteiger partial charge in [-0.3, -0.25) is 4.99 Å². The number of pyridine rings is 2. The lowest BCUT2D eigenvalue weighted by Gasteiger charge is -2.23. The SMILES string of the molecule is c1cc2c(c(OC3CCOCC3)n1)C(c1cnc3[nH]ccc3c1)=NC2. The third kappa shape index (κ3) is 2.59. The minimum absolute atomic E-state index is 0.153. The molecular formula is C19H18N4O2. The topological polar surface area (TPSA) is 72.4 Å². The van der Waals surface area contributed by atoms with Gasteiger partial charge in [0, 0.05) is 42.4 Å². The van der Waals surface area contributed by atoms with Gasteiger partial charge in [0.15, 0.2) is 0 Å². The van der Waals surface area contributed by atoms with Crippen molar-refractivity contribution in [1.29, 1.82) is 0 Å². The van der Waals surface area contributed by atoms with Gasteiger partial charge in [-0.1, -0.05) is 0 Å². The Labute approximate surface area is 144 Å². The molecule has 1 saturated heterocycles. The summed E-state index contributed by atoms with van der Waals surface area (Å²) in [5.74, 6) is 0.676. The highest BCUT2D eigenvalue weighted by Crippen LogP contribution is 2.31. The Balaban J connectivity index is 1.53. The Bertz CT molecular complexity index is 957. The van der Waals surface area contributed by atoms with Crippen molar-refractivity contribution in [3.8, 4) is 5.88 Å². The van der Waals surface area contributed by atoms with E-state index in [1.807, 2.05) is 24.5 Å². The molecule has 25 heavy (non-hydrogen) atoms. The van der Waals surface area contributed by atoms with Crippen LogP contribution < -0.4 is 4.74 Å². The quantitative estimate of drug-likeness (QED) is 0.799. The highest BCUT2D eigenvalue weighted by Gasteiger charge is 2.26. The fourth-order valence-corrected chi connectivity index (χ4v) is 3.45. The lowest BCUT2D eigenvalue weighted by atomic mass is 10.0. The van der Waals surface area contributed by atoms with E-state index >= 15 is 0 Å². The van der Waals surface area contributed by atoms with Crippen LogP contribution in [0.25, 0.3) is 11.0 Å². The van der Waals surface area contributed by atoms with E-state index in [2.05, 4.69) is 21.0 Å². The van der Waals surface area contributed by atoms with Crippen molar-refractivity contribution in [1.82, 2.24) is 15.0 Å². The molecule has 0 bridgehead atoms. The molecule has 0 amide bonds. The van der Waals surface area contributed by atoms with Crippen molar-refractivity contribution in [2.75, 3.05) is 13.2 Å². The lowest BCUT2D eigenvalue weighted by molar-refractivity contribution is 0.0236. The van der Waals surface area contributed by atoms with Gasteiger partial charge in [0.05, 0.1) is 31.0 Å². The van der Waals surface area contributed by atoms with Gasteiger partial charge in [-0.25, -0.2) is 9.97 Å². The molecule has 0 aromatic carbocycles. The van der Waals surface area contributed by atoms with Crippen LogP contribution >= 0.6 is 0 Å². The first kappa shape index (κ1) is 14.6. The molecule has 6 nitrogen and oxygen atoms in total. The number of ether oxygens (including phenoxy) is 2. The Morgan fingerprint density at radius 3 is 3.00 bits per heavy atom. The summed E-state index contributed by atoms with van der Waals surface area (Å²) >= 11 is 0. The summed E-state index contributed by atoms with van der Waals surface area (Å²) in [5, 5.41) is 1.07. The van der Waals surface area contributed by atoms with Crippen molar-refractivity contribution in [3.63, 3.8) is 0 Å². The van der Waals surface area contributed by atoms with E-state index in [4.69, 9.17) is 14.5 Å². The summed E-state index contributed by atoms with van der Waals surface area (Å²) in [7, 11) is 0. The second kappa shape index (κ2) is 5.97. The average molecular weight is 334 g/mol. The number of hydrogen-bond donors (Lipinski definition) is 1. The molecule has 6 heteroatoms. The molecule has 2 aliphatic heterocycles. The van der Waals surface area contributed by atoms with Gasteiger partial charge in [0.2, 0.25) is 5.88 Å². The summed E-state index contributed by atoms with van der Waals surface area (Å²) in [6.45, 7) is 2.14. The van der Waals surface area contributed by atoms with Gasteiger partial charge in [-0.05, 0) is 23.8 Å². The molecule has 1 N–H and O–H groups in total. The first-order valence-electron chi connectivity index (χ1n) is 8.59. The molecule has 2 aliphatic rings. The summed E-state index contributed by atoms with van der Waals surface area (Å²) in [6.07, 6.45) is 7.51. The van der Waals surface area contributed by atoms with Crippen LogP contribution in [-0.4, -0.2) is 40.0 Å². The van der Waals surface area contributed by atoms with Crippen LogP contribution in [0.1, 0.15) is 29.5 Å². The summed E-state index contributed by atoms with van der Waals surface area (Å²) in [5.41, 5.74) is 4.95. The predicted molar refractivity (Wildman–Crippen MR) is 94.1 cm³/mol. The van der Waals surface area contributed by atoms with E-state index in [1.165, 1.54) is 0 Å². The van der Waals surface area contributed by atoms with Crippen molar-refractivity contribution < 1.29 is 9.47 Å². The first-order chi connectivity index (χ1) is 12.4. The van der Waals surface area contributed by atoms with Crippen molar-refractivity contribution in [3.05, 3.63) is 53.5 Å². The smallest absolute Gasteiger partial charge is 0.223 e. The Kier molecular flexibility index (Phi) is 3.48. The number of aromatic nitrogens is 3. The number of rotatable bonds is 3. The fraction of sp³-hybridized carbons (Fsp3) is 0.316. The largest absolute Gasteiger partial charge is 0.474 e. The maximum atomic E-state index is 6.22. The van der Waals surface area contributed by atoms with E-state index in [-0.39, 0.29) is 6.10 Å². The van der Waals surface area contributed by atoms with Crippen molar-refractivity contribution >= 4 is 16.7 Å².